The molecule has 2 atom stereocenters. The van der Waals surface area contributed by atoms with Crippen molar-refractivity contribution in [3.8, 4) is 0 Å². The maximum absolute atomic E-state index is 11.6. The molecule has 1 heterocycles. The third kappa shape index (κ3) is 2.74. The van der Waals surface area contributed by atoms with Gasteiger partial charge in [0.2, 0.25) is 0 Å². The Kier molecular flexibility index (Phi) is 3.93. The Labute approximate surface area is 114 Å². The molecule has 0 aliphatic heterocycles. The van der Waals surface area contributed by atoms with Gasteiger partial charge in [-0.05, 0) is 59.7 Å². The highest BCUT2D eigenvalue weighted by molar-refractivity contribution is 9.11. The second-order valence-electron chi connectivity index (χ2n) is 4.99. The molecule has 0 saturated heterocycles. The van der Waals surface area contributed by atoms with Gasteiger partial charge in [0.05, 0.1) is 9.20 Å². The molecule has 0 spiro atoms. The molecule has 1 aromatic heterocycles. The zero-order valence-corrected chi connectivity index (χ0v) is 12.3. The third-order valence-corrected chi connectivity index (χ3v) is 5.51. The standard InChI is InChI=1S/C13H17BrO2S/c1-2-9-5-6-13(7-9,12(15)16)8-10-3-4-11(14)17-10/h3-4,9H,2,5-8H2,1H3,(H,15,16). The number of carboxylic acid groups (broad SMARTS) is 1. The fraction of sp³-hybridized carbons (Fsp3) is 0.615. The van der Waals surface area contributed by atoms with Crippen LogP contribution in [0.5, 0.6) is 0 Å². The number of aliphatic carboxylic acids is 1. The first kappa shape index (κ1) is 13.1. The molecule has 94 valence electrons. The first-order valence-electron chi connectivity index (χ1n) is 6.03. The fourth-order valence-electron chi connectivity index (χ4n) is 2.80. The average molecular weight is 317 g/mol. The lowest BCUT2D eigenvalue weighted by atomic mass is 9.81. The van der Waals surface area contributed by atoms with Gasteiger partial charge in [0.25, 0.3) is 0 Å². The number of carboxylic acids is 1. The van der Waals surface area contributed by atoms with Crippen LogP contribution in [0.4, 0.5) is 0 Å². The van der Waals surface area contributed by atoms with Gasteiger partial charge in [0, 0.05) is 4.88 Å². The molecule has 0 radical (unpaired) electrons. The van der Waals surface area contributed by atoms with E-state index in [2.05, 4.69) is 22.9 Å². The highest BCUT2D eigenvalue weighted by Gasteiger charge is 2.45. The second-order valence-corrected chi connectivity index (χ2v) is 7.53. The lowest BCUT2D eigenvalue weighted by molar-refractivity contribution is -0.148. The van der Waals surface area contributed by atoms with Crippen LogP contribution in [-0.2, 0) is 11.2 Å². The molecule has 0 bridgehead atoms. The summed E-state index contributed by atoms with van der Waals surface area (Å²) in [5, 5.41) is 9.54. The second kappa shape index (κ2) is 5.11. The summed E-state index contributed by atoms with van der Waals surface area (Å²) in [6, 6.07) is 4.04. The molecular formula is C13H17BrO2S. The molecule has 4 heteroatoms. The first-order valence-corrected chi connectivity index (χ1v) is 7.64. The number of hydrogen-bond acceptors (Lipinski definition) is 2. The Bertz CT molecular complexity index is 415. The van der Waals surface area contributed by atoms with E-state index in [0.717, 1.165) is 29.5 Å². The van der Waals surface area contributed by atoms with Crippen LogP contribution >= 0.6 is 27.3 Å². The van der Waals surface area contributed by atoms with Gasteiger partial charge >= 0.3 is 5.97 Å². The van der Waals surface area contributed by atoms with Crippen molar-refractivity contribution in [3.63, 3.8) is 0 Å². The molecule has 2 nitrogen and oxygen atoms in total. The van der Waals surface area contributed by atoms with Gasteiger partial charge in [-0.25, -0.2) is 0 Å². The van der Waals surface area contributed by atoms with E-state index in [-0.39, 0.29) is 0 Å². The first-order chi connectivity index (χ1) is 8.05. The predicted molar refractivity (Wildman–Crippen MR) is 73.4 cm³/mol. The SMILES string of the molecule is CCC1CCC(Cc2ccc(Br)s2)(C(=O)O)C1. The van der Waals surface area contributed by atoms with E-state index in [1.807, 2.05) is 12.1 Å². The van der Waals surface area contributed by atoms with E-state index in [0.29, 0.717) is 12.3 Å². The van der Waals surface area contributed by atoms with E-state index in [4.69, 9.17) is 0 Å². The molecule has 0 aromatic carbocycles. The van der Waals surface area contributed by atoms with Crippen molar-refractivity contribution in [1.82, 2.24) is 0 Å². The summed E-state index contributed by atoms with van der Waals surface area (Å²) in [5.41, 5.74) is -0.509. The Balaban J connectivity index is 2.16. The summed E-state index contributed by atoms with van der Waals surface area (Å²) in [5.74, 6) is -0.0209. The van der Waals surface area contributed by atoms with Gasteiger partial charge in [-0.15, -0.1) is 11.3 Å². The predicted octanol–water partition coefficient (Wildman–Crippen LogP) is 4.33. The summed E-state index contributed by atoms with van der Waals surface area (Å²) in [7, 11) is 0. The molecule has 2 rings (SSSR count). The maximum atomic E-state index is 11.6. The van der Waals surface area contributed by atoms with Crippen LogP contribution in [0.2, 0.25) is 0 Å². The summed E-state index contributed by atoms with van der Waals surface area (Å²) < 4.78 is 1.08. The van der Waals surface area contributed by atoms with Crippen LogP contribution in [0.1, 0.15) is 37.5 Å². The van der Waals surface area contributed by atoms with Crippen LogP contribution < -0.4 is 0 Å². The van der Waals surface area contributed by atoms with Gasteiger partial charge < -0.3 is 5.11 Å². The average Bonchev–Trinajstić information content (AvgIpc) is 2.87. The number of thiophene rings is 1. The van der Waals surface area contributed by atoms with Crippen LogP contribution in [-0.4, -0.2) is 11.1 Å². The minimum atomic E-state index is -0.613. The minimum Gasteiger partial charge on any atom is -0.481 e. The van der Waals surface area contributed by atoms with Crippen molar-refractivity contribution in [2.75, 3.05) is 0 Å². The monoisotopic (exact) mass is 316 g/mol. The quantitative estimate of drug-likeness (QED) is 0.897. The summed E-state index contributed by atoms with van der Waals surface area (Å²) in [4.78, 5) is 12.8. The highest BCUT2D eigenvalue weighted by Crippen LogP contribution is 2.46. The van der Waals surface area contributed by atoms with Gasteiger partial charge in [-0.2, -0.15) is 0 Å². The zero-order chi connectivity index (χ0) is 12.5. The lowest BCUT2D eigenvalue weighted by Gasteiger charge is -2.23. The fourth-order valence-corrected chi connectivity index (χ4v) is 4.42. The Morgan fingerprint density at radius 3 is 2.88 bits per heavy atom. The van der Waals surface area contributed by atoms with E-state index in [9.17, 15) is 9.90 Å². The van der Waals surface area contributed by atoms with Gasteiger partial charge in [-0.3, -0.25) is 4.79 Å². The third-order valence-electron chi connectivity index (χ3n) is 3.88. The maximum Gasteiger partial charge on any atom is 0.310 e. The molecular weight excluding hydrogens is 300 g/mol. The van der Waals surface area contributed by atoms with Crippen LogP contribution in [0, 0.1) is 11.3 Å². The van der Waals surface area contributed by atoms with Crippen molar-refractivity contribution in [3.05, 3.63) is 20.8 Å². The van der Waals surface area contributed by atoms with Crippen LogP contribution in [0.3, 0.4) is 0 Å². The molecule has 1 fully saturated rings. The largest absolute Gasteiger partial charge is 0.481 e. The molecule has 1 aliphatic rings. The number of carbonyl (C=O) groups is 1. The summed E-state index contributed by atoms with van der Waals surface area (Å²) in [6.45, 7) is 2.16. The number of hydrogen-bond donors (Lipinski definition) is 1. The van der Waals surface area contributed by atoms with Crippen molar-refractivity contribution < 1.29 is 9.90 Å². The normalized spacial score (nSPS) is 28.5. The van der Waals surface area contributed by atoms with Crippen LogP contribution in [0.25, 0.3) is 0 Å². The molecule has 0 amide bonds. The van der Waals surface area contributed by atoms with Gasteiger partial charge in [-0.1, -0.05) is 13.3 Å². The highest BCUT2D eigenvalue weighted by atomic mass is 79.9. The molecule has 17 heavy (non-hydrogen) atoms. The minimum absolute atomic E-state index is 0.509. The number of halogens is 1. The van der Waals surface area contributed by atoms with Gasteiger partial charge in [0.1, 0.15) is 0 Å². The van der Waals surface area contributed by atoms with Crippen molar-refractivity contribution >= 4 is 33.2 Å². The lowest BCUT2D eigenvalue weighted by Crippen LogP contribution is -2.30. The Morgan fingerprint density at radius 2 is 2.41 bits per heavy atom. The van der Waals surface area contributed by atoms with Crippen molar-refractivity contribution in [2.45, 2.75) is 39.0 Å². The van der Waals surface area contributed by atoms with Crippen molar-refractivity contribution in [1.29, 1.82) is 0 Å². The van der Waals surface area contributed by atoms with Gasteiger partial charge in [0.15, 0.2) is 0 Å². The molecule has 2 unspecified atom stereocenters. The summed E-state index contributed by atoms with van der Waals surface area (Å²) >= 11 is 5.09. The van der Waals surface area contributed by atoms with E-state index in [1.165, 1.54) is 4.88 Å². The Hall–Kier alpha value is -0.350. The Morgan fingerprint density at radius 1 is 1.65 bits per heavy atom. The smallest absolute Gasteiger partial charge is 0.310 e. The van der Waals surface area contributed by atoms with E-state index >= 15 is 0 Å². The summed E-state index contributed by atoms with van der Waals surface area (Å²) in [6.07, 6.45) is 4.53. The van der Waals surface area contributed by atoms with E-state index in [1.54, 1.807) is 11.3 Å². The molecule has 1 N–H and O–H groups in total. The van der Waals surface area contributed by atoms with Crippen LogP contribution in [0.15, 0.2) is 15.9 Å². The van der Waals surface area contributed by atoms with E-state index < -0.39 is 11.4 Å². The van der Waals surface area contributed by atoms with Crippen molar-refractivity contribution in [2.24, 2.45) is 11.3 Å². The topological polar surface area (TPSA) is 37.3 Å². The molecule has 1 aromatic rings. The molecule has 1 saturated carbocycles. The number of rotatable bonds is 4. The zero-order valence-electron chi connectivity index (χ0n) is 9.91. The molecule has 1 aliphatic carbocycles.